The van der Waals surface area contributed by atoms with Gasteiger partial charge in [-0.05, 0) is 24.6 Å². The average Bonchev–Trinajstić information content (AvgIpc) is 3.21. The third-order valence-corrected chi connectivity index (χ3v) is 5.43. The first-order chi connectivity index (χ1) is 15.4. The highest BCUT2D eigenvalue weighted by Crippen LogP contribution is 2.37. The number of esters is 2. The first kappa shape index (κ1) is 23.0. The minimum absolute atomic E-state index is 0.185. The normalized spacial score (nSPS) is 11.3. The van der Waals surface area contributed by atoms with E-state index in [0.717, 1.165) is 5.56 Å². The van der Waals surface area contributed by atoms with Gasteiger partial charge in [0.1, 0.15) is 16.3 Å². The van der Waals surface area contributed by atoms with Crippen molar-refractivity contribution in [2.45, 2.75) is 20.0 Å². The fraction of sp³-hybridized carbons (Fsp3) is 0.208. The van der Waals surface area contributed by atoms with Crippen LogP contribution in [0.4, 0.5) is 5.00 Å². The summed E-state index contributed by atoms with van der Waals surface area (Å²) in [7, 11) is 1.57. The molecule has 0 spiro atoms. The van der Waals surface area contributed by atoms with Crippen LogP contribution in [-0.4, -0.2) is 31.6 Å². The van der Waals surface area contributed by atoms with Crippen LogP contribution in [0.25, 0.3) is 11.1 Å². The molecular formula is C24H23NO6S. The lowest BCUT2D eigenvalue weighted by Crippen LogP contribution is -2.25. The molecule has 0 bridgehead atoms. The van der Waals surface area contributed by atoms with Gasteiger partial charge in [0.05, 0.1) is 13.7 Å². The minimum atomic E-state index is -1.16. The Morgan fingerprint density at radius 3 is 2.31 bits per heavy atom. The number of amides is 1. The molecule has 7 nitrogen and oxygen atoms in total. The topological polar surface area (TPSA) is 90.9 Å². The molecule has 0 saturated carbocycles. The molecule has 1 heterocycles. The van der Waals surface area contributed by atoms with Crippen molar-refractivity contribution in [3.8, 4) is 16.9 Å². The molecule has 32 heavy (non-hydrogen) atoms. The lowest BCUT2D eigenvalue weighted by Gasteiger charge is -2.17. The molecule has 8 heteroatoms. The van der Waals surface area contributed by atoms with Crippen LogP contribution in [0.3, 0.4) is 0 Å². The third kappa shape index (κ3) is 5.33. The highest BCUT2D eigenvalue weighted by molar-refractivity contribution is 7.15. The second kappa shape index (κ2) is 10.6. The fourth-order valence-electron chi connectivity index (χ4n) is 3.08. The van der Waals surface area contributed by atoms with Crippen LogP contribution in [0.1, 0.15) is 35.9 Å². The maximum absolute atomic E-state index is 13.1. The van der Waals surface area contributed by atoms with E-state index in [1.807, 2.05) is 12.1 Å². The summed E-state index contributed by atoms with van der Waals surface area (Å²) >= 11 is 1.19. The molecule has 0 aliphatic carbocycles. The van der Waals surface area contributed by atoms with Crippen LogP contribution >= 0.6 is 11.3 Å². The number of hydrogen-bond donors (Lipinski definition) is 1. The predicted molar refractivity (Wildman–Crippen MR) is 122 cm³/mol. The first-order valence-electron chi connectivity index (χ1n) is 9.90. The van der Waals surface area contributed by atoms with E-state index < -0.39 is 23.9 Å². The van der Waals surface area contributed by atoms with Crippen molar-refractivity contribution < 1.29 is 28.6 Å². The van der Waals surface area contributed by atoms with Crippen LogP contribution in [0, 0.1) is 0 Å². The summed E-state index contributed by atoms with van der Waals surface area (Å²) in [5.74, 6) is -1.04. The molecule has 0 radical (unpaired) electrons. The molecule has 1 atom stereocenters. The van der Waals surface area contributed by atoms with Gasteiger partial charge in [-0.25, -0.2) is 4.79 Å². The number of anilines is 1. The zero-order valence-electron chi connectivity index (χ0n) is 17.9. The number of benzene rings is 2. The molecule has 3 rings (SSSR count). The second-order valence-electron chi connectivity index (χ2n) is 6.69. The number of hydrogen-bond acceptors (Lipinski definition) is 7. The Balaban J connectivity index is 1.97. The predicted octanol–water partition coefficient (Wildman–Crippen LogP) is 4.84. The van der Waals surface area contributed by atoms with Gasteiger partial charge < -0.3 is 19.5 Å². The lowest BCUT2D eigenvalue weighted by molar-refractivity contribution is -0.152. The Kier molecular flexibility index (Phi) is 7.62. The Labute approximate surface area is 189 Å². The molecule has 0 aliphatic rings. The average molecular weight is 454 g/mol. The molecule has 0 aliphatic heterocycles. The van der Waals surface area contributed by atoms with E-state index in [4.69, 9.17) is 14.2 Å². The smallest absolute Gasteiger partial charge is 0.341 e. The van der Waals surface area contributed by atoms with Gasteiger partial charge in [0.25, 0.3) is 5.91 Å². The Bertz CT molecular complexity index is 1090. The van der Waals surface area contributed by atoms with E-state index in [0.29, 0.717) is 21.9 Å². The van der Waals surface area contributed by atoms with E-state index in [1.54, 1.807) is 61.9 Å². The zero-order chi connectivity index (χ0) is 23.1. The molecule has 1 amide bonds. The monoisotopic (exact) mass is 453 g/mol. The standard InChI is InChI=1S/C24H23NO6S/c1-4-30-24(28)20-19(16-10-12-18(29-3)13-11-16)14-32-23(20)25-22(27)21(31-15(2)26)17-8-6-5-7-9-17/h5-14,21H,4H2,1-3H3,(H,25,27). The number of rotatable bonds is 8. The summed E-state index contributed by atoms with van der Waals surface area (Å²) in [5, 5.41) is 4.83. The van der Waals surface area contributed by atoms with Gasteiger partial charge in [0.2, 0.25) is 6.10 Å². The van der Waals surface area contributed by atoms with E-state index in [9.17, 15) is 14.4 Å². The molecule has 1 aromatic heterocycles. The van der Waals surface area contributed by atoms with Crippen LogP contribution in [0.5, 0.6) is 5.75 Å². The van der Waals surface area contributed by atoms with Gasteiger partial charge in [-0.2, -0.15) is 0 Å². The van der Waals surface area contributed by atoms with Gasteiger partial charge >= 0.3 is 11.9 Å². The number of thiophene rings is 1. The van der Waals surface area contributed by atoms with Gasteiger partial charge in [0, 0.05) is 23.4 Å². The van der Waals surface area contributed by atoms with Gasteiger partial charge in [-0.1, -0.05) is 42.5 Å². The Morgan fingerprint density at radius 1 is 1.03 bits per heavy atom. The van der Waals surface area contributed by atoms with Crippen molar-refractivity contribution in [3.05, 3.63) is 71.1 Å². The Hall–Kier alpha value is -3.65. The number of carbonyl (C=O) groups excluding carboxylic acids is 3. The highest BCUT2D eigenvalue weighted by Gasteiger charge is 2.28. The van der Waals surface area contributed by atoms with Crippen molar-refractivity contribution in [3.63, 3.8) is 0 Å². The molecule has 0 saturated heterocycles. The van der Waals surface area contributed by atoms with Crippen molar-refractivity contribution in [2.24, 2.45) is 0 Å². The number of methoxy groups -OCH3 is 1. The molecule has 1 N–H and O–H groups in total. The van der Waals surface area contributed by atoms with Crippen LogP contribution in [0.15, 0.2) is 60.0 Å². The van der Waals surface area contributed by atoms with Gasteiger partial charge in [-0.15, -0.1) is 11.3 Å². The maximum atomic E-state index is 13.1. The lowest BCUT2D eigenvalue weighted by atomic mass is 10.0. The van der Waals surface area contributed by atoms with Crippen LogP contribution < -0.4 is 10.1 Å². The van der Waals surface area contributed by atoms with Crippen LogP contribution in [0.2, 0.25) is 0 Å². The number of nitrogens with one attached hydrogen (secondary N) is 1. The second-order valence-corrected chi connectivity index (χ2v) is 7.57. The quantitative estimate of drug-likeness (QED) is 0.491. The third-order valence-electron chi connectivity index (χ3n) is 4.53. The molecule has 0 fully saturated rings. The SMILES string of the molecule is CCOC(=O)c1c(-c2ccc(OC)cc2)csc1NC(=O)C(OC(C)=O)c1ccccc1. The maximum Gasteiger partial charge on any atom is 0.341 e. The summed E-state index contributed by atoms with van der Waals surface area (Å²) in [4.78, 5) is 37.4. The van der Waals surface area contributed by atoms with E-state index in [-0.39, 0.29) is 12.2 Å². The highest BCUT2D eigenvalue weighted by atomic mass is 32.1. The van der Waals surface area contributed by atoms with E-state index in [1.165, 1.54) is 18.3 Å². The zero-order valence-corrected chi connectivity index (χ0v) is 18.7. The fourth-order valence-corrected chi connectivity index (χ4v) is 4.04. The van der Waals surface area contributed by atoms with Crippen molar-refractivity contribution in [1.29, 1.82) is 0 Å². The van der Waals surface area contributed by atoms with Crippen molar-refractivity contribution in [1.82, 2.24) is 0 Å². The molecule has 1 unspecified atom stereocenters. The Morgan fingerprint density at radius 2 is 1.72 bits per heavy atom. The van der Waals surface area contributed by atoms with Gasteiger partial charge in [0.15, 0.2) is 0 Å². The summed E-state index contributed by atoms with van der Waals surface area (Å²) in [6.07, 6.45) is -1.16. The minimum Gasteiger partial charge on any atom is -0.497 e. The summed E-state index contributed by atoms with van der Waals surface area (Å²) < 4.78 is 15.7. The number of carbonyl (C=O) groups is 3. The molecule has 3 aromatic rings. The molecular weight excluding hydrogens is 430 g/mol. The van der Waals surface area contributed by atoms with Gasteiger partial charge in [-0.3, -0.25) is 9.59 Å². The largest absolute Gasteiger partial charge is 0.497 e. The van der Waals surface area contributed by atoms with E-state index >= 15 is 0 Å². The number of ether oxygens (including phenoxy) is 3. The van der Waals surface area contributed by atoms with Crippen LogP contribution in [-0.2, 0) is 19.1 Å². The molecule has 2 aromatic carbocycles. The summed E-state index contributed by atoms with van der Waals surface area (Å²) in [5.41, 5.74) is 2.15. The van der Waals surface area contributed by atoms with E-state index in [2.05, 4.69) is 5.32 Å². The molecule has 166 valence electrons. The van der Waals surface area contributed by atoms with Crippen molar-refractivity contribution in [2.75, 3.05) is 19.0 Å². The summed E-state index contributed by atoms with van der Waals surface area (Å²) in [6, 6.07) is 15.9. The summed E-state index contributed by atoms with van der Waals surface area (Å²) in [6.45, 7) is 3.13. The van der Waals surface area contributed by atoms with Crippen molar-refractivity contribution >= 4 is 34.2 Å². The first-order valence-corrected chi connectivity index (χ1v) is 10.8.